The minimum Gasteiger partial charge on any atom is -0.490 e. The van der Waals surface area contributed by atoms with Gasteiger partial charge in [0.2, 0.25) is 0 Å². The van der Waals surface area contributed by atoms with Crippen molar-refractivity contribution in [3.8, 4) is 5.75 Å². The Hall–Kier alpha value is -1.68. The molecule has 1 heterocycles. The highest BCUT2D eigenvalue weighted by Crippen LogP contribution is 2.22. The first kappa shape index (κ1) is 21.6. The Morgan fingerprint density at radius 3 is 2.63 bits per heavy atom. The molecule has 1 aromatic rings. The first-order valence-electron chi connectivity index (χ1n) is 9.14. The number of aliphatic hydroxyl groups excluding tert-OH is 1. The lowest BCUT2D eigenvalue weighted by Gasteiger charge is -2.32. The number of amides is 1. The predicted molar refractivity (Wildman–Crippen MR) is 103 cm³/mol. The molecule has 0 aromatic heterocycles. The molecule has 1 fully saturated rings. The summed E-state index contributed by atoms with van der Waals surface area (Å²) in [4.78, 5) is 12.2. The largest absolute Gasteiger partial charge is 0.490 e. The van der Waals surface area contributed by atoms with E-state index in [0.29, 0.717) is 43.7 Å². The number of carbonyl (C=O) groups excluding carboxylic acids is 1. The van der Waals surface area contributed by atoms with E-state index in [4.69, 9.17) is 4.74 Å². The van der Waals surface area contributed by atoms with Gasteiger partial charge in [0, 0.05) is 39.3 Å². The van der Waals surface area contributed by atoms with Crippen LogP contribution in [0.15, 0.2) is 24.3 Å². The van der Waals surface area contributed by atoms with Crippen molar-refractivity contribution in [1.82, 2.24) is 13.9 Å². The van der Waals surface area contributed by atoms with Crippen LogP contribution in [0.4, 0.5) is 0 Å². The molecule has 9 heteroatoms. The minimum absolute atomic E-state index is 0.0983. The quantitative estimate of drug-likeness (QED) is 0.675. The second-order valence-electron chi connectivity index (χ2n) is 6.81. The maximum atomic E-state index is 12.2. The Kier molecular flexibility index (Phi) is 7.60. The Bertz CT molecular complexity index is 730. The average molecular weight is 400 g/mol. The summed E-state index contributed by atoms with van der Waals surface area (Å²) in [5.74, 6) is 0.312. The van der Waals surface area contributed by atoms with E-state index in [1.807, 2.05) is 6.92 Å². The van der Waals surface area contributed by atoms with Crippen molar-refractivity contribution in [2.24, 2.45) is 0 Å². The summed E-state index contributed by atoms with van der Waals surface area (Å²) >= 11 is 0. The van der Waals surface area contributed by atoms with E-state index in [9.17, 15) is 18.3 Å². The molecule has 2 N–H and O–H groups in total. The monoisotopic (exact) mass is 399 g/mol. The van der Waals surface area contributed by atoms with E-state index in [1.165, 1.54) is 22.7 Å². The number of hydrogen-bond acceptors (Lipinski definition) is 5. The van der Waals surface area contributed by atoms with E-state index >= 15 is 0 Å². The molecule has 1 aliphatic heterocycles. The van der Waals surface area contributed by atoms with Crippen LogP contribution < -0.4 is 10.1 Å². The SMILES string of the molecule is CC[C@@H](O)CNC(=O)c1cccc(OC2CCN(S(=O)(=O)N(C)C)CC2)c1. The minimum atomic E-state index is -3.39. The van der Waals surface area contributed by atoms with Gasteiger partial charge in [-0.2, -0.15) is 17.0 Å². The Morgan fingerprint density at radius 2 is 2.04 bits per heavy atom. The zero-order valence-corrected chi connectivity index (χ0v) is 16.9. The van der Waals surface area contributed by atoms with E-state index in [-0.39, 0.29) is 18.6 Å². The van der Waals surface area contributed by atoms with Gasteiger partial charge in [0.25, 0.3) is 16.1 Å². The fourth-order valence-corrected chi connectivity index (χ4v) is 3.91. The average Bonchev–Trinajstić information content (AvgIpc) is 2.66. The molecule has 0 spiro atoms. The highest BCUT2D eigenvalue weighted by Gasteiger charge is 2.30. The van der Waals surface area contributed by atoms with Crippen LogP contribution >= 0.6 is 0 Å². The van der Waals surface area contributed by atoms with Crippen molar-refractivity contribution < 1.29 is 23.1 Å². The number of nitrogens with zero attached hydrogens (tertiary/aromatic N) is 2. The van der Waals surface area contributed by atoms with Crippen LogP contribution in [0.1, 0.15) is 36.5 Å². The van der Waals surface area contributed by atoms with Crippen LogP contribution in [0.25, 0.3) is 0 Å². The van der Waals surface area contributed by atoms with Crippen LogP contribution in [0.2, 0.25) is 0 Å². The zero-order chi connectivity index (χ0) is 20.0. The Morgan fingerprint density at radius 1 is 1.37 bits per heavy atom. The topological polar surface area (TPSA) is 99.2 Å². The number of carbonyl (C=O) groups is 1. The van der Waals surface area contributed by atoms with Gasteiger partial charge >= 0.3 is 0 Å². The molecular formula is C18H29N3O5S. The van der Waals surface area contributed by atoms with Gasteiger partial charge in [0.1, 0.15) is 11.9 Å². The van der Waals surface area contributed by atoms with E-state index < -0.39 is 16.3 Å². The summed E-state index contributed by atoms with van der Waals surface area (Å²) in [6.07, 6.45) is 1.10. The third-order valence-electron chi connectivity index (χ3n) is 4.56. The summed E-state index contributed by atoms with van der Waals surface area (Å²) in [7, 11) is -0.349. The Balaban J connectivity index is 1.91. The molecule has 0 saturated carbocycles. The standard InChI is InChI=1S/C18H29N3O5S/c1-4-15(22)13-19-18(23)14-6-5-7-17(12-14)26-16-8-10-21(11-9-16)27(24,25)20(2)3/h5-7,12,15-16,22H,4,8-11,13H2,1-3H3,(H,19,23)/t15-/m1/s1. The van der Waals surface area contributed by atoms with E-state index in [1.54, 1.807) is 24.3 Å². The van der Waals surface area contributed by atoms with Crippen molar-refractivity contribution in [2.45, 2.75) is 38.4 Å². The molecule has 1 saturated heterocycles. The van der Waals surface area contributed by atoms with E-state index in [2.05, 4.69) is 5.32 Å². The molecule has 1 aliphatic rings. The summed E-state index contributed by atoms with van der Waals surface area (Å²) in [5.41, 5.74) is 0.462. The van der Waals surface area contributed by atoms with Gasteiger partial charge in [-0.15, -0.1) is 0 Å². The number of piperidine rings is 1. The molecule has 152 valence electrons. The fourth-order valence-electron chi connectivity index (χ4n) is 2.77. The first-order chi connectivity index (χ1) is 12.7. The lowest BCUT2D eigenvalue weighted by Crippen LogP contribution is -2.46. The van der Waals surface area contributed by atoms with Gasteiger partial charge in [-0.05, 0) is 37.5 Å². The van der Waals surface area contributed by atoms with Crippen LogP contribution in [0.3, 0.4) is 0 Å². The number of aliphatic hydroxyl groups is 1. The van der Waals surface area contributed by atoms with Crippen LogP contribution in [-0.4, -0.2) is 74.0 Å². The number of hydrogen-bond donors (Lipinski definition) is 2. The smallest absolute Gasteiger partial charge is 0.281 e. The fraction of sp³-hybridized carbons (Fsp3) is 0.611. The van der Waals surface area contributed by atoms with Crippen LogP contribution in [-0.2, 0) is 10.2 Å². The van der Waals surface area contributed by atoms with Crippen molar-refractivity contribution in [3.63, 3.8) is 0 Å². The van der Waals surface area contributed by atoms with Gasteiger partial charge < -0.3 is 15.2 Å². The second kappa shape index (κ2) is 9.50. The molecule has 1 atom stereocenters. The lowest BCUT2D eigenvalue weighted by atomic mass is 10.1. The molecule has 0 radical (unpaired) electrons. The molecule has 0 unspecified atom stereocenters. The number of benzene rings is 1. The van der Waals surface area contributed by atoms with Gasteiger partial charge in [0.15, 0.2) is 0 Å². The maximum absolute atomic E-state index is 12.2. The predicted octanol–water partition coefficient (Wildman–Crippen LogP) is 0.837. The lowest BCUT2D eigenvalue weighted by molar-refractivity contribution is 0.0912. The zero-order valence-electron chi connectivity index (χ0n) is 16.1. The molecule has 8 nitrogen and oxygen atoms in total. The van der Waals surface area contributed by atoms with Crippen LogP contribution in [0, 0.1) is 0 Å². The normalized spacial score (nSPS) is 17.7. The van der Waals surface area contributed by atoms with Crippen molar-refractivity contribution in [3.05, 3.63) is 29.8 Å². The highest BCUT2D eigenvalue weighted by atomic mass is 32.2. The summed E-state index contributed by atoms with van der Waals surface area (Å²) < 4.78 is 32.9. The second-order valence-corrected chi connectivity index (χ2v) is 8.95. The molecule has 0 bridgehead atoms. The van der Waals surface area contributed by atoms with E-state index in [0.717, 1.165) is 0 Å². The summed E-state index contributed by atoms with van der Waals surface area (Å²) in [6.45, 7) is 2.86. The first-order valence-corrected chi connectivity index (χ1v) is 10.5. The van der Waals surface area contributed by atoms with Gasteiger partial charge in [-0.3, -0.25) is 4.79 Å². The van der Waals surface area contributed by atoms with Crippen molar-refractivity contribution in [1.29, 1.82) is 0 Å². The third kappa shape index (κ3) is 5.90. The third-order valence-corrected chi connectivity index (χ3v) is 6.50. The van der Waals surface area contributed by atoms with Crippen LogP contribution in [0.5, 0.6) is 5.75 Å². The molecule has 2 rings (SSSR count). The Labute approximate surface area is 161 Å². The van der Waals surface area contributed by atoms with Gasteiger partial charge in [0.05, 0.1) is 6.10 Å². The van der Waals surface area contributed by atoms with Gasteiger partial charge in [-0.1, -0.05) is 13.0 Å². The molecule has 0 aliphatic carbocycles. The van der Waals surface area contributed by atoms with Gasteiger partial charge in [-0.25, -0.2) is 0 Å². The van der Waals surface area contributed by atoms with Crippen molar-refractivity contribution in [2.75, 3.05) is 33.7 Å². The summed E-state index contributed by atoms with van der Waals surface area (Å²) in [5, 5.41) is 12.2. The maximum Gasteiger partial charge on any atom is 0.281 e. The number of rotatable bonds is 8. The number of nitrogens with one attached hydrogen (secondary N) is 1. The molecule has 1 amide bonds. The molecular weight excluding hydrogens is 370 g/mol. The highest BCUT2D eigenvalue weighted by molar-refractivity contribution is 7.86. The number of ether oxygens (including phenoxy) is 1. The summed E-state index contributed by atoms with van der Waals surface area (Å²) in [6, 6.07) is 6.87. The molecule has 27 heavy (non-hydrogen) atoms. The molecule has 1 aromatic carbocycles. The van der Waals surface area contributed by atoms with Crippen molar-refractivity contribution >= 4 is 16.1 Å².